The SMILES string of the molecule is COc1ccncc1C(C(=O)NC1CCC(F)(F)CC1)N(C)c1ccc(S(F)(F)(F)(F)F)cc1. The molecule has 1 N–H and O–H groups in total. The van der Waals surface area contributed by atoms with Gasteiger partial charge in [-0.1, -0.05) is 19.4 Å². The molecule has 2 aromatic rings. The number of ether oxygens (including phenoxy) is 1. The highest BCUT2D eigenvalue weighted by atomic mass is 32.5. The largest absolute Gasteiger partial charge is 0.496 e. The fraction of sp³-hybridized carbons (Fsp3) is 0.429. The first kappa shape index (κ1) is 25.9. The summed E-state index contributed by atoms with van der Waals surface area (Å²) in [7, 11) is -7.13. The van der Waals surface area contributed by atoms with Crippen molar-refractivity contribution in [2.45, 2.75) is 48.6 Å². The Hall–Kier alpha value is -2.70. The first-order chi connectivity index (χ1) is 15.5. The molecule has 1 fully saturated rings. The van der Waals surface area contributed by atoms with Gasteiger partial charge in [-0.25, -0.2) is 8.78 Å². The van der Waals surface area contributed by atoms with Crippen molar-refractivity contribution in [3.05, 3.63) is 48.3 Å². The van der Waals surface area contributed by atoms with Crippen LogP contribution in [0.25, 0.3) is 0 Å². The predicted molar refractivity (Wildman–Crippen MR) is 115 cm³/mol. The predicted octanol–water partition coefficient (Wildman–Crippen LogP) is 6.62. The molecule has 1 heterocycles. The Kier molecular flexibility index (Phi) is 6.25. The van der Waals surface area contributed by atoms with E-state index in [2.05, 4.69) is 10.3 Å². The van der Waals surface area contributed by atoms with Gasteiger partial charge in [0.05, 0.1) is 7.11 Å². The number of benzene rings is 1. The number of nitrogens with one attached hydrogen (secondary N) is 1. The smallest absolute Gasteiger partial charge is 0.310 e. The van der Waals surface area contributed by atoms with E-state index in [1.165, 1.54) is 37.5 Å². The lowest BCUT2D eigenvalue weighted by atomic mass is 9.91. The molecular weight excluding hydrogens is 491 g/mol. The molecule has 1 aliphatic carbocycles. The summed E-state index contributed by atoms with van der Waals surface area (Å²) in [5, 5.41) is 2.71. The van der Waals surface area contributed by atoms with Crippen molar-refractivity contribution in [2.24, 2.45) is 0 Å². The molecule has 13 heteroatoms. The Morgan fingerprint density at radius 2 is 1.71 bits per heavy atom. The van der Waals surface area contributed by atoms with Crippen molar-refractivity contribution in [1.82, 2.24) is 10.3 Å². The van der Waals surface area contributed by atoms with E-state index in [4.69, 9.17) is 4.74 Å². The zero-order chi connectivity index (χ0) is 25.4. The van der Waals surface area contributed by atoms with Crippen LogP contribution in [0.5, 0.6) is 5.75 Å². The van der Waals surface area contributed by atoms with Gasteiger partial charge in [0, 0.05) is 49.6 Å². The second kappa shape index (κ2) is 8.21. The highest BCUT2D eigenvalue weighted by molar-refractivity contribution is 8.45. The summed E-state index contributed by atoms with van der Waals surface area (Å²) in [4.78, 5) is 16.5. The van der Waals surface area contributed by atoms with Crippen molar-refractivity contribution in [1.29, 1.82) is 0 Å². The number of methoxy groups -OCH3 is 1. The van der Waals surface area contributed by atoms with Crippen LogP contribution in [0.3, 0.4) is 0 Å². The van der Waals surface area contributed by atoms with Crippen molar-refractivity contribution < 1.29 is 37.7 Å². The second-order valence-corrected chi connectivity index (χ2v) is 10.6. The van der Waals surface area contributed by atoms with Gasteiger partial charge in [-0.3, -0.25) is 9.78 Å². The van der Waals surface area contributed by atoms with Gasteiger partial charge in [0.1, 0.15) is 16.7 Å². The molecule has 1 aliphatic rings. The molecule has 0 radical (unpaired) electrons. The van der Waals surface area contributed by atoms with E-state index >= 15 is 0 Å². The molecule has 0 spiro atoms. The zero-order valence-corrected chi connectivity index (χ0v) is 19.1. The number of rotatable bonds is 7. The van der Waals surface area contributed by atoms with Gasteiger partial charge in [0.15, 0.2) is 0 Å². The summed E-state index contributed by atoms with van der Waals surface area (Å²) in [6, 6.07) is 1.92. The summed E-state index contributed by atoms with van der Waals surface area (Å²) in [5.41, 5.74) is 0.287. The van der Waals surface area contributed by atoms with Crippen LogP contribution in [0.15, 0.2) is 47.6 Å². The van der Waals surface area contributed by atoms with Crippen molar-refractivity contribution in [3.63, 3.8) is 0 Å². The number of anilines is 1. The van der Waals surface area contributed by atoms with Gasteiger partial charge in [0.2, 0.25) is 11.8 Å². The summed E-state index contributed by atoms with van der Waals surface area (Å²) in [5.74, 6) is -3.17. The highest BCUT2D eigenvalue weighted by Crippen LogP contribution is 3.02. The van der Waals surface area contributed by atoms with Gasteiger partial charge in [-0.15, -0.1) is 0 Å². The normalized spacial score (nSPS) is 19.4. The molecule has 3 rings (SSSR count). The van der Waals surface area contributed by atoms with Crippen LogP contribution in [-0.2, 0) is 4.79 Å². The van der Waals surface area contributed by atoms with Crippen LogP contribution in [0, 0.1) is 0 Å². The molecule has 5 nitrogen and oxygen atoms in total. The number of aromatic nitrogens is 1. The number of pyridine rings is 1. The van der Waals surface area contributed by atoms with Gasteiger partial charge in [-0.2, -0.15) is 0 Å². The number of carbonyl (C=O) groups excluding carboxylic acids is 1. The number of hydrogen-bond acceptors (Lipinski definition) is 4. The van der Waals surface area contributed by atoms with E-state index in [-0.39, 0.29) is 54.8 Å². The van der Waals surface area contributed by atoms with E-state index < -0.39 is 39.0 Å². The molecule has 190 valence electrons. The molecule has 1 aromatic heterocycles. The lowest BCUT2D eigenvalue weighted by molar-refractivity contribution is -0.124. The van der Waals surface area contributed by atoms with E-state index in [0.29, 0.717) is 0 Å². The minimum absolute atomic E-state index is 0.0341. The number of amides is 1. The number of hydrogen-bond donors (Lipinski definition) is 1. The number of alkyl halides is 2. The van der Waals surface area contributed by atoms with E-state index in [0.717, 1.165) is 12.1 Å². The Bertz CT molecular complexity index is 1040. The van der Waals surface area contributed by atoms with Crippen LogP contribution in [0.2, 0.25) is 0 Å². The minimum atomic E-state index is -9.86. The molecule has 0 bridgehead atoms. The second-order valence-electron chi connectivity index (χ2n) is 8.23. The number of halogens is 7. The first-order valence-electron chi connectivity index (χ1n) is 10.2. The minimum Gasteiger partial charge on any atom is -0.496 e. The Labute approximate surface area is 192 Å². The summed E-state index contributed by atoms with van der Waals surface area (Å²) in [6.07, 6.45) is 2.08. The maximum atomic E-state index is 13.5. The van der Waals surface area contributed by atoms with Gasteiger partial charge >= 0.3 is 10.2 Å². The van der Waals surface area contributed by atoms with Crippen LogP contribution >= 0.6 is 10.2 Å². The van der Waals surface area contributed by atoms with Gasteiger partial charge < -0.3 is 15.0 Å². The molecule has 1 aromatic carbocycles. The van der Waals surface area contributed by atoms with Crippen LogP contribution in [0.1, 0.15) is 37.3 Å². The highest BCUT2D eigenvalue weighted by Gasteiger charge is 2.65. The summed E-state index contributed by atoms with van der Waals surface area (Å²) < 4.78 is 97.7. The number of carbonyl (C=O) groups is 1. The van der Waals surface area contributed by atoms with Crippen molar-refractivity contribution in [3.8, 4) is 5.75 Å². The molecule has 1 amide bonds. The average Bonchev–Trinajstić information content (AvgIpc) is 2.74. The Balaban J connectivity index is 1.93. The maximum Gasteiger partial charge on any atom is 0.310 e. The summed E-state index contributed by atoms with van der Waals surface area (Å²) in [6.45, 7) is 0. The number of likely N-dealkylation sites (N-methyl/N-ethyl adjacent to an activating group) is 1. The fourth-order valence-corrected chi connectivity index (χ4v) is 4.51. The van der Waals surface area contributed by atoms with Crippen LogP contribution in [0.4, 0.5) is 33.9 Å². The molecule has 1 unspecified atom stereocenters. The van der Waals surface area contributed by atoms with E-state index in [1.54, 1.807) is 0 Å². The monoisotopic (exact) mass is 515 g/mol. The standard InChI is InChI=1S/C21H24F7N3O2S/c1-31(15-3-5-16(6-4-15)34(24,25,26,27)28)19(17-13-29-12-9-18(17)33-2)20(32)30-14-7-10-21(22,23)11-8-14/h3-6,9,12-14,19H,7-8,10-11H2,1-2H3,(H,30,32). The molecule has 34 heavy (non-hydrogen) atoms. The topological polar surface area (TPSA) is 54.5 Å². The molecule has 0 aliphatic heterocycles. The third-order valence-electron chi connectivity index (χ3n) is 5.71. The number of nitrogens with zero attached hydrogens (tertiary/aromatic N) is 2. The first-order valence-corrected chi connectivity index (χ1v) is 12.2. The van der Waals surface area contributed by atoms with Crippen LogP contribution < -0.4 is 15.0 Å². The Morgan fingerprint density at radius 3 is 2.24 bits per heavy atom. The average molecular weight is 515 g/mol. The van der Waals surface area contributed by atoms with Crippen molar-refractivity contribution in [2.75, 3.05) is 19.1 Å². The fourth-order valence-electron chi connectivity index (χ4n) is 3.86. The third-order valence-corrected chi connectivity index (χ3v) is 6.88. The molecule has 1 saturated carbocycles. The van der Waals surface area contributed by atoms with Gasteiger partial charge in [0.25, 0.3) is 0 Å². The Morgan fingerprint density at radius 1 is 1.12 bits per heavy atom. The lowest BCUT2D eigenvalue weighted by Crippen LogP contribution is -2.46. The summed E-state index contributed by atoms with van der Waals surface area (Å²) >= 11 is 0. The van der Waals surface area contributed by atoms with E-state index in [9.17, 15) is 33.0 Å². The maximum absolute atomic E-state index is 13.5. The van der Waals surface area contributed by atoms with Gasteiger partial charge in [-0.05, 0) is 43.2 Å². The van der Waals surface area contributed by atoms with E-state index in [1.807, 2.05) is 0 Å². The quantitative estimate of drug-likeness (QED) is 0.421. The molecular formula is C21H24F7N3O2S. The third kappa shape index (κ3) is 6.05. The van der Waals surface area contributed by atoms with Crippen LogP contribution in [-0.4, -0.2) is 37.0 Å². The molecule has 0 saturated heterocycles. The zero-order valence-electron chi connectivity index (χ0n) is 18.3. The van der Waals surface area contributed by atoms with Crippen molar-refractivity contribution >= 4 is 21.8 Å². The lowest BCUT2D eigenvalue weighted by Gasteiger charge is -2.40. The molecule has 1 atom stereocenters.